The lowest BCUT2D eigenvalue weighted by Crippen LogP contribution is -2.04. The summed E-state index contributed by atoms with van der Waals surface area (Å²) in [6.45, 7) is 0. The molecule has 3 aromatic rings. The topological polar surface area (TPSA) is 59.4 Å². The van der Waals surface area contributed by atoms with E-state index in [0.29, 0.717) is 0 Å². The summed E-state index contributed by atoms with van der Waals surface area (Å²) in [6, 6.07) is 21.1. The first kappa shape index (κ1) is 13.8. The summed E-state index contributed by atoms with van der Waals surface area (Å²) < 4.78 is 4.72. The smallest absolute Gasteiger partial charge is 0.449 e. The van der Waals surface area contributed by atoms with Gasteiger partial charge in [0, 0.05) is 11.1 Å². The SMILES string of the molecule is O=C(O)Oc1cnc(-c2ccccc2)c(-c2ccccc2)c1. The van der Waals surface area contributed by atoms with Gasteiger partial charge in [-0.15, -0.1) is 0 Å². The van der Waals surface area contributed by atoms with Gasteiger partial charge in [0.1, 0.15) is 0 Å². The zero-order chi connectivity index (χ0) is 15.4. The van der Waals surface area contributed by atoms with E-state index in [9.17, 15) is 4.79 Å². The van der Waals surface area contributed by atoms with Crippen LogP contribution >= 0.6 is 0 Å². The maximum atomic E-state index is 10.7. The first-order chi connectivity index (χ1) is 10.7. The van der Waals surface area contributed by atoms with Crippen LogP contribution in [0.15, 0.2) is 72.9 Å². The Labute approximate surface area is 127 Å². The number of nitrogens with zero attached hydrogens (tertiary/aromatic N) is 1. The van der Waals surface area contributed by atoms with E-state index in [0.717, 1.165) is 22.4 Å². The molecule has 0 amide bonds. The van der Waals surface area contributed by atoms with Gasteiger partial charge in [0.25, 0.3) is 0 Å². The van der Waals surface area contributed by atoms with Crippen LogP contribution in [0.5, 0.6) is 5.75 Å². The Morgan fingerprint density at radius 2 is 1.50 bits per heavy atom. The van der Waals surface area contributed by atoms with Crippen molar-refractivity contribution in [3.8, 4) is 28.1 Å². The zero-order valence-corrected chi connectivity index (χ0v) is 11.6. The number of hydrogen-bond acceptors (Lipinski definition) is 3. The highest BCUT2D eigenvalue weighted by molar-refractivity contribution is 5.81. The molecule has 1 heterocycles. The molecule has 0 spiro atoms. The summed E-state index contributed by atoms with van der Waals surface area (Å²) in [5.41, 5.74) is 3.52. The Morgan fingerprint density at radius 3 is 2.09 bits per heavy atom. The number of carboxylic acid groups (broad SMARTS) is 1. The highest BCUT2D eigenvalue weighted by Gasteiger charge is 2.12. The molecule has 0 unspecified atom stereocenters. The van der Waals surface area contributed by atoms with Gasteiger partial charge in [0.15, 0.2) is 5.75 Å². The molecule has 0 aliphatic rings. The molecular weight excluding hydrogens is 278 g/mol. The Morgan fingerprint density at radius 1 is 0.909 bits per heavy atom. The van der Waals surface area contributed by atoms with Crippen LogP contribution in [0.4, 0.5) is 4.79 Å². The lowest BCUT2D eigenvalue weighted by atomic mass is 9.99. The van der Waals surface area contributed by atoms with Crippen molar-refractivity contribution in [2.24, 2.45) is 0 Å². The molecule has 0 fully saturated rings. The summed E-state index contributed by atoms with van der Waals surface area (Å²) in [4.78, 5) is 15.1. The van der Waals surface area contributed by atoms with Gasteiger partial charge in [-0.3, -0.25) is 4.98 Å². The number of carbonyl (C=O) groups is 1. The summed E-state index contributed by atoms with van der Waals surface area (Å²) in [7, 11) is 0. The largest absolute Gasteiger partial charge is 0.511 e. The van der Waals surface area contributed by atoms with Crippen LogP contribution in [0.3, 0.4) is 0 Å². The quantitative estimate of drug-likeness (QED) is 0.723. The molecule has 0 aliphatic carbocycles. The van der Waals surface area contributed by atoms with Crippen molar-refractivity contribution in [1.82, 2.24) is 4.98 Å². The number of pyridine rings is 1. The number of rotatable bonds is 3. The van der Waals surface area contributed by atoms with E-state index in [4.69, 9.17) is 9.84 Å². The third-order valence-electron chi connectivity index (χ3n) is 3.20. The predicted molar refractivity (Wildman–Crippen MR) is 83.8 cm³/mol. The molecule has 1 aromatic heterocycles. The molecule has 0 radical (unpaired) electrons. The lowest BCUT2D eigenvalue weighted by molar-refractivity contribution is 0.144. The van der Waals surface area contributed by atoms with Gasteiger partial charge in [-0.2, -0.15) is 0 Å². The van der Waals surface area contributed by atoms with E-state index >= 15 is 0 Å². The first-order valence-electron chi connectivity index (χ1n) is 6.76. The standard InChI is InChI=1S/C18H13NO3/c20-18(21)22-15-11-16(13-7-3-1-4-8-13)17(19-12-15)14-9-5-2-6-10-14/h1-12H,(H,20,21). The highest BCUT2D eigenvalue weighted by Crippen LogP contribution is 2.32. The molecule has 4 nitrogen and oxygen atoms in total. The van der Waals surface area contributed by atoms with E-state index < -0.39 is 6.16 Å². The van der Waals surface area contributed by atoms with Crippen molar-refractivity contribution in [3.05, 3.63) is 72.9 Å². The van der Waals surface area contributed by atoms with Crippen molar-refractivity contribution < 1.29 is 14.6 Å². The van der Waals surface area contributed by atoms with Crippen molar-refractivity contribution >= 4 is 6.16 Å². The van der Waals surface area contributed by atoms with Crippen LogP contribution in [0.2, 0.25) is 0 Å². The van der Waals surface area contributed by atoms with Crippen LogP contribution < -0.4 is 4.74 Å². The van der Waals surface area contributed by atoms with Gasteiger partial charge in [-0.05, 0) is 11.6 Å². The Hall–Kier alpha value is -3.14. The third kappa shape index (κ3) is 2.96. The van der Waals surface area contributed by atoms with E-state index in [2.05, 4.69) is 4.98 Å². The maximum Gasteiger partial charge on any atom is 0.511 e. The maximum absolute atomic E-state index is 10.7. The summed E-state index contributed by atoms with van der Waals surface area (Å²) in [5.74, 6) is 0.200. The molecule has 3 rings (SSSR count). The fourth-order valence-corrected chi connectivity index (χ4v) is 2.27. The number of ether oxygens (including phenoxy) is 1. The molecule has 0 atom stereocenters. The van der Waals surface area contributed by atoms with E-state index in [-0.39, 0.29) is 5.75 Å². The van der Waals surface area contributed by atoms with Crippen LogP contribution in [0.1, 0.15) is 0 Å². The van der Waals surface area contributed by atoms with Gasteiger partial charge in [-0.25, -0.2) is 4.79 Å². The molecule has 0 saturated carbocycles. The Balaban J connectivity index is 2.15. The number of benzene rings is 2. The molecule has 22 heavy (non-hydrogen) atoms. The average molecular weight is 291 g/mol. The number of hydrogen-bond donors (Lipinski definition) is 1. The van der Waals surface area contributed by atoms with E-state index in [1.54, 1.807) is 6.07 Å². The van der Waals surface area contributed by atoms with Gasteiger partial charge < -0.3 is 9.84 Å². The predicted octanol–water partition coefficient (Wildman–Crippen LogP) is 4.47. The van der Waals surface area contributed by atoms with Crippen LogP contribution in [0.25, 0.3) is 22.4 Å². The van der Waals surface area contributed by atoms with Gasteiger partial charge >= 0.3 is 6.16 Å². The molecule has 2 aromatic carbocycles. The van der Waals surface area contributed by atoms with Crippen LogP contribution in [0, 0.1) is 0 Å². The minimum Gasteiger partial charge on any atom is -0.449 e. The molecule has 0 aliphatic heterocycles. The molecule has 108 valence electrons. The van der Waals surface area contributed by atoms with Gasteiger partial charge in [0.05, 0.1) is 11.9 Å². The minimum atomic E-state index is -1.35. The molecule has 0 bridgehead atoms. The molecule has 0 saturated heterocycles. The Bertz CT molecular complexity index is 786. The van der Waals surface area contributed by atoms with Crippen molar-refractivity contribution in [2.45, 2.75) is 0 Å². The lowest BCUT2D eigenvalue weighted by Gasteiger charge is -2.11. The zero-order valence-electron chi connectivity index (χ0n) is 11.6. The third-order valence-corrected chi connectivity index (χ3v) is 3.20. The molecule has 1 N–H and O–H groups in total. The molecule has 4 heteroatoms. The Kier molecular flexibility index (Phi) is 3.83. The summed E-state index contributed by atoms with van der Waals surface area (Å²) >= 11 is 0. The van der Waals surface area contributed by atoms with Crippen molar-refractivity contribution in [2.75, 3.05) is 0 Å². The molecular formula is C18H13NO3. The first-order valence-corrected chi connectivity index (χ1v) is 6.76. The summed E-state index contributed by atoms with van der Waals surface area (Å²) in [5, 5.41) is 8.76. The normalized spacial score (nSPS) is 10.2. The highest BCUT2D eigenvalue weighted by atomic mass is 16.7. The van der Waals surface area contributed by atoms with Crippen LogP contribution in [-0.4, -0.2) is 16.2 Å². The fourth-order valence-electron chi connectivity index (χ4n) is 2.27. The fraction of sp³-hybridized carbons (Fsp3) is 0. The monoisotopic (exact) mass is 291 g/mol. The summed E-state index contributed by atoms with van der Waals surface area (Å²) in [6.07, 6.45) is 0.0661. The second-order valence-corrected chi connectivity index (χ2v) is 4.67. The second-order valence-electron chi connectivity index (χ2n) is 4.67. The average Bonchev–Trinajstić information content (AvgIpc) is 2.56. The van der Waals surface area contributed by atoms with Crippen LogP contribution in [-0.2, 0) is 0 Å². The van der Waals surface area contributed by atoms with E-state index in [1.165, 1.54) is 6.20 Å². The van der Waals surface area contributed by atoms with Gasteiger partial charge in [0.2, 0.25) is 0 Å². The van der Waals surface area contributed by atoms with E-state index in [1.807, 2.05) is 60.7 Å². The second kappa shape index (κ2) is 6.10. The minimum absolute atomic E-state index is 0.200. The van der Waals surface area contributed by atoms with Crippen molar-refractivity contribution in [1.29, 1.82) is 0 Å². The number of aromatic nitrogens is 1. The van der Waals surface area contributed by atoms with Crippen molar-refractivity contribution in [3.63, 3.8) is 0 Å². The van der Waals surface area contributed by atoms with Gasteiger partial charge in [-0.1, -0.05) is 60.7 Å².